The van der Waals surface area contributed by atoms with Crippen molar-refractivity contribution in [1.82, 2.24) is 9.97 Å². The molecule has 1 aromatic carbocycles. The second-order valence-corrected chi connectivity index (χ2v) is 9.71. The molecule has 10 heteroatoms. The highest BCUT2D eigenvalue weighted by Gasteiger charge is 2.23. The minimum Gasteiger partial charge on any atom is -0.371 e. The number of aryl methyl sites for hydroxylation is 1. The van der Waals surface area contributed by atoms with Crippen LogP contribution in [0.15, 0.2) is 48.8 Å². The van der Waals surface area contributed by atoms with Gasteiger partial charge in [0.05, 0.1) is 42.1 Å². The SMILES string of the molecule is CON(C(=O)c1cc(NC(=O)c2cc(F)cc(N3CCCC3)c2)cnc1C)c1ccc(NCC2CC2)nc1. The summed E-state index contributed by atoms with van der Waals surface area (Å²) in [6.07, 6.45) is 7.59. The summed E-state index contributed by atoms with van der Waals surface area (Å²) in [5.41, 5.74) is 2.36. The monoisotopic (exact) mass is 518 g/mol. The molecule has 2 aliphatic rings. The number of hydroxylamine groups is 1. The number of nitrogens with zero attached hydrogens (tertiary/aromatic N) is 4. The molecule has 198 valence electrons. The van der Waals surface area contributed by atoms with Crippen LogP contribution in [0.4, 0.5) is 27.3 Å². The highest BCUT2D eigenvalue weighted by atomic mass is 19.1. The lowest BCUT2D eigenvalue weighted by atomic mass is 10.1. The Labute approximate surface area is 221 Å². The zero-order valence-electron chi connectivity index (χ0n) is 21.5. The van der Waals surface area contributed by atoms with Gasteiger partial charge in [0.25, 0.3) is 11.8 Å². The third-order valence-electron chi connectivity index (χ3n) is 6.81. The summed E-state index contributed by atoms with van der Waals surface area (Å²) in [6, 6.07) is 9.41. The van der Waals surface area contributed by atoms with Crippen LogP contribution in [0.5, 0.6) is 0 Å². The molecular formula is C28H31FN6O3. The number of aromatic nitrogens is 2. The number of benzene rings is 1. The average Bonchev–Trinajstić information content (AvgIpc) is 3.59. The third kappa shape index (κ3) is 5.91. The van der Waals surface area contributed by atoms with E-state index >= 15 is 0 Å². The molecule has 38 heavy (non-hydrogen) atoms. The first-order valence-electron chi connectivity index (χ1n) is 12.8. The molecule has 9 nitrogen and oxygen atoms in total. The lowest BCUT2D eigenvalue weighted by molar-refractivity contribution is 0.0771. The minimum atomic E-state index is -0.490. The van der Waals surface area contributed by atoms with Crippen LogP contribution in [0.2, 0.25) is 0 Å². The lowest BCUT2D eigenvalue weighted by Gasteiger charge is -2.21. The van der Waals surface area contributed by atoms with Crippen LogP contribution in [0.25, 0.3) is 0 Å². The van der Waals surface area contributed by atoms with Gasteiger partial charge in [-0.3, -0.25) is 19.4 Å². The number of nitrogens with one attached hydrogen (secondary N) is 2. The number of carbonyl (C=O) groups excluding carboxylic acids is 2. The molecule has 0 radical (unpaired) electrons. The van der Waals surface area contributed by atoms with E-state index < -0.39 is 17.6 Å². The van der Waals surface area contributed by atoms with Gasteiger partial charge in [-0.1, -0.05) is 0 Å². The molecule has 2 N–H and O–H groups in total. The highest BCUT2D eigenvalue weighted by Crippen LogP contribution is 2.29. The molecule has 3 aromatic rings. The van der Waals surface area contributed by atoms with Crippen LogP contribution in [0, 0.1) is 18.7 Å². The zero-order chi connectivity index (χ0) is 26.6. The predicted molar refractivity (Wildman–Crippen MR) is 144 cm³/mol. The van der Waals surface area contributed by atoms with E-state index in [2.05, 4.69) is 25.5 Å². The van der Waals surface area contributed by atoms with Crippen molar-refractivity contribution in [3.8, 4) is 0 Å². The lowest BCUT2D eigenvalue weighted by Crippen LogP contribution is -2.31. The molecule has 1 aliphatic carbocycles. The minimum absolute atomic E-state index is 0.195. The molecule has 3 heterocycles. The number of anilines is 4. The van der Waals surface area contributed by atoms with Gasteiger partial charge in [-0.25, -0.2) is 9.37 Å². The molecule has 0 spiro atoms. The quantitative estimate of drug-likeness (QED) is 0.392. The summed E-state index contributed by atoms with van der Waals surface area (Å²) in [6.45, 7) is 4.26. The highest BCUT2D eigenvalue weighted by molar-refractivity contribution is 6.08. The van der Waals surface area contributed by atoms with E-state index in [4.69, 9.17) is 4.84 Å². The van der Waals surface area contributed by atoms with Crippen LogP contribution in [-0.2, 0) is 4.84 Å². The van der Waals surface area contributed by atoms with Crippen molar-refractivity contribution >= 4 is 34.7 Å². The first-order chi connectivity index (χ1) is 18.4. The topological polar surface area (TPSA) is 99.7 Å². The Morgan fingerprint density at radius 1 is 1.11 bits per heavy atom. The fraction of sp³-hybridized carbons (Fsp3) is 0.357. The normalized spacial score (nSPS) is 14.9. The Morgan fingerprint density at radius 3 is 2.58 bits per heavy atom. The van der Waals surface area contributed by atoms with Crippen molar-refractivity contribution in [3.63, 3.8) is 0 Å². The summed E-state index contributed by atoms with van der Waals surface area (Å²) >= 11 is 0. The van der Waals surface area contributed by atoms with Crippen LogP contribution in [0.3, 0.4) is 0 Å². The maximum absolute atomic E-state index is 14.3. The number of pyridine rings is 2. The summed E-state index contributed by atoms with van der Waals surface area (Å²) in [7, 11) is 1.40. The van der Waals surface area contributed by atoms with Crippen LogP contribution in [-0.4, -0.2) is 48.5 Å². The Balaban J connectivity index is 1.31. The summed E-state index contributed by atoms with van der Waals surface area (Å²) in [5, 5.41) is 7.16. The van der Waals surface area contributed by atoms with Crippen molar-refractivity contribution in [2.75, 3.05) is 47.3 Å². The van der Waals surface area contributed by atoms with E-state index in [0.29, 0.717) is 28.7 Å². The zero-order valence-corrected chi connectivity index (χ0v) is 21.5. The second kappa shape index (κ2) is 11.1. The van der Waals surface area contributed by atoms with E-state index in [1.807, 2.05) is 0 Å². The Morgan fingerprint density at radius 2 is 1.89 bits per heavy atom. The van der Waals surface area contributed by atoms with Gasteiger partial charge in [0.15, 0.2) is 0 Å². The van der Waals surface area contributed by atoms with Crippen LogP contribution >= 0.6 is 0 Å². The Hall–Kier alpha value is -4.05. The van der Waals surface area contributed by atoms with Crippen LogP contribution in [0.1, 0.15) is 52.1 Å². The predicted octanol–water partition coefficient (Wildman–Crippen LogP) is 4.81. The molecule has 0 unspecified atom stereocenters. The van der Waals surface area contributed by atoms with Gasteiger partial charge in [-0.2, -0.15) is 5.06 Å². The number of hydrogen-bond acceptors (Lipinski definition) is 7. The van der Waals surface area contributed by atoms with Crippen molar-refractivity contribution in [2.45, 2.75) is 32.6 Å². The van der Waals surface area contributed by atoms with Crippen molar-refractivity contribution < 1.29 is 18.8 Å². The molecule has 2 amide bonds. The summed E-state index contributed by atoms with van der Waals surface area (Å²) < 4.78 is 14.3. The van der Waals surface area contributed by atoms with E-state index in [1.165, 1.54) is 44.3 Å². The molecule has 2 aromatic heterocycles. The molecule has 5 rings (SSSR count). The first-order valence-corrected chi connectivity index (χ1v) is 12.8. The van der Waals surface area contributed by atoms with Gasteiger partial charge < -0.3 is 15.5 Å². The number of hydrogen-bond donors (Lipinski definition) is 2. The number of carbonyl (C=O) groups is 2. The van der Waals surface area contributed by atoms with E-state index in [1.54, 1.807) is 31.3 Å². The smallest absolute Gasteiger partial charge is 0.284 e. The molecule has 0 atom stereocenters. The maximum atomic E-state index is 14.3. The van der Waals surface area contributed by atoms with Gasteiger partial charge in [0, 0.05) is 30.9 Å². The van der Waals surface area contributed by atoms with Gasteiger partial charge in [0.1, 0.15) is 11.6 Å². The van der Waals surface area contributed by atoms with Gasteiger partial charge >= 0.3 is 0 Å². The average molecular weight is 519 g/mol. The first kappa shape index (κ1) is 25.6. The number of rotatable bonds is 9. The number of halogens is 1. The fourth-order valence-electron chi connectivity index (χ4n) is 4.48. The van der Waals surface area contributed by atoms with Gasteiger partial charge in [0.2, 0.25) is 0 Å². The molecule has 1 saturated carbocycles. The van der Waals surface area contributed by atoms with Crippen LogP contribution < -0.4 is 20.6 Å². The van der Waals surface area contributed by atoms with E-state index in [-0.39, 0.29) is 11.1 Å². The molecule has 0 bridgehead atoms. The third-order valence-corrected chi connectivity index (χ3v) is 6.81. The molecule has 1 aliphatic heterocycles. The van der Waals surface area contributed by atoms with Crippen molar-refractivity contribution in [1.29, 1.82) is 0 Å². The van der Waals surface area contributed by atoms with E-state index in [9.17, 15) is 14.0 Å². The van der Waals surface area contributed by atoms with Crippen molar-refractivity contribution in [2.24, 2.45) is 5.92 Å². The molecular weight excluding hydrogens is 487 g/mol. The van der Waals surface area contributed by atoms with E-state index in [0.717, 1.165) is 43.4 Å². The number of amides is 2. The second-order valence-electron chi connectivity index (χ2n) is 9.71. The molecule has 1 saturated heterocycles. The van der Waals surface area contributed by atoms with Crippen molar-refractivity contribution in [3.05, 3.63) is 71.4 Å². The van der Waals surface area contributed by atoms with Gasteiger partial charge in [-0.05, 0) is 74.9 Å². The summed E-state index contributed by atoms with van der Waals surface area (Å²) in [4.78, 5) is 42.5. The Kier molecular flexibility index (Phi) is 7.50. The fourth-order valence-corrected chi connectivity index (χ4v) is 4.48. The largest absolute Gasteiger partial charge is 0.371 e. The molecule has 2 fully saturated rings. The maximum Gasteiger partial charge on any atom is 0.284 e. The summed E-state index contributed by atoms with van der Waals surface area (Å²) in [5.74, 6) is 0.0181. The Bertz CT molecular complexity index is 1320. The van der Waals surface area contributed by atoms with Gasteiger partial charge in [-0.15, -0.1) is 0 Å². The standard InChI is InChI=1S/C28H31FN6O3/c1-18-25(28(37)35(38-2)23-7-8-26(32-17-23)31-15-19-5-6-19)14-22(16-30-18)33-27(36)20-11-21(29)13-24(12-20)34-9-3-4-10-34/h7-8,11-14,16-17,19H,3-6,9-10,15H2,1-2H3,(H,31,32)(H,33,36).